The molecule has 0 unspecified atom stereocenters. The summed E-state index contributed by atoms with van der Waals surface area (Å²) in [4.78, 5) is 19.6. The zero-order valence-corrected chi connectivity index (χ0v) is 12.8. The fourth-order valence-corrected chi connectivity index (χ4v) is 2.04. The Labute approximate surface area is 123 Å². The number of hydrogen-bond donors (Lipinski definition) is 2. The Morgan fingerprint density at radius 2 is 1.95 bits per heavy atom. The second kappa shape index (κ2) is 6.34. The summed E-state index contributed by atoms with van der Waals surface area (Å²) in [6.45, 7) is 8.43. The van der Waals surface area contributed by atoms with Gasteiger partial charge in [0, 0.05) is 31.8 Å². The standard InChI is InChI=1S/C14H20N6O/c1-9-7-10(2)20(19-9)14-8-13(17-11(3)18-14)16-6-5-15-12(4)21/h7-8H,5-6H2,1-4H3,(H,15,21)(H,16,17,18). The maximum atomic E-state index is 10.8. The summed E-state index contributed by atoms with van der Waals surface area (Å²) in [5.74, 6) is 2.08. The van der Waals surface area contributed by atoms with Crippen molar-refractivity contribution in [3.63, 3.8) is 0 Å². The highest BCUT2D eigenvalue weighted by molar-refractivity contribution is 5.72. The molecule has 2 N–H and O–H groups in total. The molecule has 0 aliphatic carbocycles. The summed E-state index contributed by atoms with van der Waals surface area (Å²) in [5.41, 5.74) is 1.97. The monoisotopic (exact) mass is 288 g/mol. The molecule has 2 heterocycles. The van der Waals surface area contributed by atoms with Crippen molar-refractivity contribution in [1.29, 1.82) is 0 Å². The Kier molecular flexibility index (Phi) is 4.52. The molecule has 0 saturated heterocycles. The van der Waals surface area contributed by atoms with Crippen molar-refractivity contribution >= 4 is 11.7 Å². The normalized spacial score (nSPS) is 10.5. The molecule has 112 valence electrons. The van der Waals surface area contributed by atoms with Crippen LogP contribution in [0.2, 0.25) is 0 Å². The van der Waals surface area contributed by atoms with Gasteiger partial charge in [-0.05, 0) is 26.8 Å². The molecule has 0 aromatic carbocycles. The van der Waals surface area contributed by atoms with Crippen LogP contribution in [0.5, 0.6) is 0 Å². The molecule has 1 amide bonds. The largest absolute Gasteiger partial charge is 0.368 e. The Hall–Kier alpha value is -2.44. The van der Waals surface area contributed by atoms with Crippen LogP contribution >= 0.6 is 0 Å². The SMILES string of the molecule is CC(=O)NCCNc1cc(-n2nc(C)cc2C)nc(C)n1. The molecular formula is C14H20N6O. The molecule has 7 nitrogen and oxygen atoms in total. The van der Waals surface area contributed by atoms with Gasteiger partial charge < -0.3 is 10.6 Å². The van der Waals surface area contributed by atoms with Gasteiger partial charge in [0.05, 0.1) is 5.69 Å². The van der Waals surface area contributed by atoms with Crippen LogP contribution in [-0.2, 0) is 4.79 Å². The van der Waals surface area contributed by atoms with Crippen LogP contribution in [0, 0.1) is 20.8 Å². The summed E-state index contributed by atoms with van der Waals surface area (Å²) in [6.07, 6.45) is 0. The van der Waals surface area contributed by atoms with E-state index in [1.807, 2.05) is 32.9 Å². The maximum absolute atomic E-state index is 10.8. The Bertz CT molecular complexity index is 649. The van der Waals surface area contributed by atoms with Gasteiger partial charge in [-0.1, -0.05) is 0 Å². The summed E-state index contributed by atoms with van der Waals surface area (Å²) >= 11 is 0. The minimum atomic E-state index is -0.0426. The van der Waals surface area contributed by atoms with Crippen LogP contribution < -0.4 is 10.6 Å². The Morgan fingerprint density at radius 1 is 1.19 bits per heavy atom. The van der Waals surface area contributed by atoms with Crippen molar-refractivity contribution < 1.29 is 4.79 Å². The summed E-state index contributed by atoms with van der Waals surface area (Å²) in [6, 6.07) is 3.85. The quantitative estimate of drug-likeness (QED) is 0.806. The van der Waals surface area contributed by atoms with Gasteiger partial charge in [-0.25, -0.2) is 14.6 Å². The van der Waals surface area contributed by atoms with Gasteiger partial charge in [0.25, 0.3) is 0 Å². The second-order valence-electron chi connectivity index (χ2n) is 4.91. The number of aromatic nitrogens is 4. The molecule has 2 aromatic heterocycles. The predicted molar refractivity (Wildman–Crippen MR) is 80.5 cm³/mol. The second-order valence-corrected chi connectivity index (χ2v) is 4.91. The Morgan fingerprint density at radius 3 is 2.57 bits per heavy atom. The molecule has 0 atom stereocenters. The highest BCUT2D eigenvalue weighted by Crippen LogP contribution is 2.13. The molecule has 21 heavy (non-hydrogen) atoms. The summed E-state index contributed by atoms with van der Waals surface area (Å²) in [7, 11) is 0. The first-order chi connectivity index (χ1) is 9.95. The molecular weight excluding hydrogens is 268 g/mol. The zero-order valence-electron chi connectivity index (χ0n) is 12.8. The third kappa shape index (κ3) is 4.01. The van der Waals surface area contributed by atoms with Crippen molar-refractivity contribution in [3.8, 4) is 5.82 Å². The fourth-order valence-electron chi connectivity index (χ4n) is 2.04. The van der Waals surface area contributed by atoms with Gasteiger partial charge in [-0.15, -0.1) is 0 Å². The molecule has 0 bridgehead atoms. The number of nitrogens with zero attached hydrogens (tertiary/aromatic N) is 4. The van der Waals surface area contributed by atoms with Crippen molar-refractivity contribution in [3.05, 3.63) is 29.3 Å². The molecule has 0 aliphatic heterocycles. The number of nitrogens with one attached hydrogen (secondary N) is 2. The van der Waals surface area contributed by atoms with Gasteiger partial charge in [0.2, 0.25) is 5.91 Å². The number of carbonyl (C=O) groups is 1. The summed E-state index contributed by atoms with van der Waals surface area (Å²) in [5, 5.41) is 10.3. The van der Waals surface area contributed by atoms with Gasteiger partial charge in [-0.2, -0.15) is 5.10 Å². The number of anilines is 1. The number of hydrogen-bond acceptors (Lipinski definition) is 5. The summed E-state index contributed by atoms with van der Waals surface area (Å²) < 4.78 is 1.79. The van der Waals surface area contributed by atoms with Gasteiger partial charge >= 0.3 is 0 Å². The van der Waals surface area contributed by atoms with Crippen molar-refractivity contribution in [2.24, 2.45) is 0 Å². The first-order valence-corrected chi connectivity index (χ1v) is 6.83. The van der Waals surface area contributed by atoms with Crippen LogP contribution in [0.4, 0.5) is 5.82 Å². The van der Waals surface area contributed by atoms with E-state index < -0.39 is 0 Å². The predicted octanol–water partition coefficient (Wildman–Crippen LogP) is 1.14. The van der Waals surface area contributed by atoms with Crippen LogP contribution in [0.3, 0.4) is 0 Å². The van der Waals surface area contributed by atoms with Gasteiger partial charge in [-0.3, -0.25) is 4.79 Å². The van der Waals surface area contributed by atoms with Crippen LogP contribution in [-0.4, -0.2) is 38.7 Å². The van der Waals surface area contributed by atoms with E-state index in [0.29, 0.717) is 18.9 Å². The highest BCUT2D eigenvalue weighted by atomic mass is 16.1. The van der Waals surface area contributed by atoms with Crippen molar-refractivity contribution in [2.45, 2.75) is 27.7 Å². The molecule has 0 radical (unpaired) electrons. The topological polar surface area (TPSA) is 84.7 Å². The maximum Gasteiger partial charge on any atom is 0.216 e. The van der Waals surface area contributed by atoms with Gasteiger partial charge in [0.1, 0.15) is 11.6 Å². The lowest BCUT2D eigenvalue weighted by Crippen LogP contribution is -2.26. The van der Waals surface area contributed by atoms with E-state index in [1.165, 1.54) is 6.92 Å². The first-order valence-electron chi connectivity index (χ1n) is 6.83. The van der Waals surface area contributed by atoms with E-state index in [2.05, 4.69) is 25.7 Å². The van der Waals surface area contributed by atoms with E-state index in [9.17, 15) is 4.79 Å². The number of aryl methyl sites for hydroxylation is 3. The minimum absolute atomic E-state index is 0.0426. The molecule has 0 spiro atoms. The zero-order chi connectivity index (χ0) is 15.4. The average Bonchev–Trinajstić information content (AvgIpc) is 2.73. The molecule has 7 heteroatoms. The van der Waals surface area contributed by atoms with E-state index >= 15 is 0 Å². The average molecular weight is 288 g/mol. The molecule has 0 aliphatic rings. The molecule has 2 rings (SSSR count). The van der Waals surface area contributed by atoms with Crippen molar-refractivity contribution in [1.82, 2.24) is 25.1 Å². The molecule has 0 saturated carbocycles. The number of amides is 1. The molecule has 2 aromatic rings. The number of rotatable bonds is 5. The lowest BCUT2D eigenvalue weighted by molar-refractivity contribution is -0.118. The third-order valence-corrected chi connectivity index (χ3v) is 2.86. The fraction of sp³-hybridized carbons (Fsp3) is 0.429. The van der Waals surface area contributed by atoms with Crippen LogP contribution in [0.1, 0.15) is 24.1 Å². The highest BCUT2D eigenvalue weighted by Gasteiger charge is 2.08. The van der Waals surface area contributed by atoms with Gasteiger partial charge in [0.15, 0.2) is 5.82 Å². The van der Waals surface area contributed by atoms with E-state index in [-0.39, 0.29) is 5.91 Å². The Balaban J connectivity index is 2.14. The first kappa shape index (κ1) is 15.0. The van der Waals surface area contributed by atoms with E-state index in [0.717, 1.165) is 23.0 Å². The third-order valence-electron chi connectivity index (χ3n) is 2.86. The minimum Gasteiger partial charge on any atom is -0.368 e. The van der Waals surface area contributed by atoms with E-state index in [4.69, 9.17) is 0 Å². The van der Waals surface area contributed by atoms with Crippen LogP contribution in [0.15, 0.2) is 12.1 Å². The van der Waals surface area contributed by atoms with E-state index in [1.54, 1.807) is 4.68 Å². The van der Waals surface area contributed by atoms with Crippen molar-refractivity contribution in [2.75, 3.05) is 18.4 Å². The number of carbonyl (C=O) groups excluding carboxylic acids is 1. The van der Waals surface area contributed by atoms with Crippen LogP contribution in [0.25, 0.3) is 5.82 Å². The smallest absolute Gasteiger partial charge is 0.216 e. The lowest BCUT2D eigenvalue weighted by Gasteiger charge is -2.09. The molecule has 0 fully saturated rings. The lowest BCUT2D eigenvalue weighted by atomic mass is 10.4.